The van der Waals surface area contributed by atoms with Crippen LogP contribution in [0.5, 0.6) is 5.75 Å². The largest absolute Gasteiger partial charge is 0.435 e. The molecule has 122 valence electrons. The highest BCUT2D eigenvalue weighted by atomic mass is 19.3. The van der Waals surface area contributed by atoms with Crippen LogP contribution in [-0.2, 0) is 6.54 Å². The fraction of sp³-hybridized carbons (Fsp3) is 0.235. The molecule has 0 aliphatic rings. The zero-order chi connectivity index (χ0) is 16.8. The van der Waals surface area contributed by atoms with Gasteiger partial charge in [0.2, 0.25) is 0 Å². The van der Waals surface area contributed by atoms with Crippen LogP contribution >= 0.6 is 0 Å². The SMILES string of the molecule is Cc1ccc(CN(C)C(=O)Nc2cccc(OC(F)F)c2)cc1. The Morgan fingerprint density at radius 1 is 1.22 bits per heavy atom. The molecule has 0 bridgehead atoms. The number of rotatable bonds is 5. The topological polar surface area (TPSA) is 41.6 Å². The monoisotopic (exact) mass is 320 g/mol. The van der Waals surface area contributed by atoms with E-state index >= 15 is 0 Å². The first kappa shape index (κ1) is 16.7. The van der Waals surface area contributed by atoms with Gasteiger partial charge in [-0.15, -0.1) is 0 Å². The molecule has 2 rings (SSSR count). The first-order chi connectivity index (χ1) is 10.9. The number of amides is 2. The van der Waals surface area contributed by atoms with Crippen molar-refractivity contribution >= 4 is 11.7 Å². The molecule has 0 aliphatic heterocycles. The predicted octanol–water partition coefficient (Wildman–Crippen LogP) is 4.26. The maximum Gasteiger partial charge on any atom is 0.387 e. The van der Waals surface area contributed by atoms with Crippen molar-refractivity contribution < 1.29 is 18.3 Å². The molecule has 6 heteroatoms. The molecule has 0 radical (unpaired) electrons. The number of nitrogens with one attached hydrogen (secondary N) is 1. The Kier molecular flexibility index (Phi) is 5.51. The number of hydrogen-bond acceptors (Lipinski definition) is 2. The number of carbonyl (C=O) groups is 1. The van der Waals surface area contributed by atoms with Crippen molar-refractivity contribution in [3.8, 4) is 5.75 Å². The normalized spacial score (nSPS) is 10.5. The third kappa shape index (κ3) is 5.25. The van der Waals surface area contributed by atoms with Crippen molar-refractivity contribution in [1.29, 1.82) is 0 Å². The molecular weight excluding hydrogens is 302 g/mol. The number of benzene rings is 2. The van der Waals surface area contributed by atoms with Crippen LogP contribution in [0.15, 0.2) is 48.5 Å². The van der Waals surface area contributed by atoms with Crippen LogP contribution in [0, 0.1) is 6.92 Å². The molecule has 2 aromatic rings. The fourth-order valence-corrected chi connectivity index (χ4v) is 2.01. The van der Waals surface area contributed by atoms with Gasteiger partial charge in [0.1, 0.15) is 5.75 Å². The van der Waals surface area contributed by atoms with Gasteiger partial charge in [0.15, 0.2) is 0 Å². The van der Waals surface area contributed by atoms with Gasteiger partial charge in [0.05, 0.1) is 0 Å². The molecule has 2 amide bonds. The predicted molar refractivity (Wildman–Crippen MR) is 84.7 cm³/mol. The van der Waals surface area contributed by atoms with E-state index in [4.69, 9.17) is 0 Å². The van der Waals surface area contributed by atoms with Crippen molar-refractivity contribution in [3.63, 3.8) is 0 Å². The number of ether oxygens (including phenoxy) is 1. The molecule has 0 spiro atoms. The molecule has 0 heterocycles. The Morgan fingerprint density at radius 3 is 2.57 bits per heavy atom. The minimum absolute atomic E-state index is 0.000937. The number of halogens is 2. The van der Waals surface area contributed by atoms with Crippen LogP contribution in [0.4, 0.5) is 19.3 Å². The summed E-state index contributed by atoms with van der Waals surface area (Å²) in [6.07, 6.45) is 0. The number of aryl methyl sites for hydroxylation is 1. The zero-order valence-corrected chi connectivity index (χ0v) is 12.9. The summed E-state index contributed by atoms with van der Waals surface area (Å²) in [6, 6.07) is 13.4. The van der Waals surface area contributed by atoms with Crippen molar-refractivity contribution in [3.05, 3.63) is 59.7 Å². The molecular formula is C17H18F2N2O2. The number of alkyl halides is 2. The summed E-state index contributed by atoms with van der Waals surface area (Å²) in [5.74, 6) is -0.000937. The average Bonchev–Trinajstić information content (AvgIpc) is 2.49. The quantitative estimate of drug-likeness (QED) is 0.894. The first-order valence-electron chi connectivity index (χ1n) is 7.06. The van der Waals surface area contributed by atoms with Crippen molar-refractivity contribution in [1.82, 2.24) is 4.90 Å². The Morgan fingerprint density at radius 2 is 1.91 bits per heavy atom. The lowest BCUT2D eigenvalue weighted by atomic mass is 10.1. The van der Waals surface area contributed by atoms with Gasteiger partial charge in [-0.05, 0) is 24.6 Å². The Bertz CT molecular complexity index is 660. The van der Waals surface area contributed by atoms with E-state index < -0.39 is 6.61 Å². The fourth-order valence-electron chi connectivity index (χ4n) is 2.01. The third-order valence-electron chi connectivity index (χ3n) is 3.20. The van der Waals surface area contributed by atoms with Crippen LogP contribution in [0.2, 0.25) is 0 Å². The Hall–Kier alpha value is -2.63. The van der Waals surface area contributed by atoms with Gasteiger partial charge in [0, 0.05) is 25.3 Å². The van der Waals surface area contributed by atoms with Crippen molar-refractivity contribution in [2.24, 2.45) is 0 Å². The molecule has 0 saturated heterocycles. The van der Waals surface area contributed by atoms with E-state index in [0.717, 1.165) is 11.1 Å². The molecule has 2 aromatic carbocycles. The summed E-state index contributed by atoms with van der Waals surface area (Å²) < 4.78 is 28.7. The number of urea groups is 1. The summed E-state index contributed by atoms with van der Waals surface area (Å²) in [5.41, 5.74) is 2.55. The zero-order valence-electron chi connectivity index (χ0n) is 12.9. The molecule has 1 N–H and O–H groups in total. The molecule has 0 atom stereocenters. The summed E-state index contributed by atoms with van der Waals surface area (Å²) >= 11 is 0. The molecule has 0 unspecified atom stereocenters. The van der Waals surface area contributed by atoms with Crippen LogP contribution in [0.3, 0.4) is 0 Å². The molecule has 0 aliphatic carbocycles. The second-order valence-corrected chi connectivity index (χ2v) is 5.18. The highest BCUT2D eigenvalue weighted by Gasteiger charge is 2.11. The molecule has 23 heavy (non-hydrogen) atoms. The minimum Gasteiger partial charge on any atom is -0.435 e. The maximum absolute atomic E-state index is 12.2. The van der Waals surface area contributed by atoms with Gasteiger partial charge in [-0.25, -0.2) is 4.79 Å². The lowest BCUT2D eigenvalue weighted by molar-refractivity contribution is -0.0497. The Labute approximate surface area is 133 Å². The van der Waals surface area contributed by atoms with E-state index in [1.54, 1.807) is 13.1 Å². The molecule has 0 fully saturated rings. The number of anilines is 1. The highest BCUT2D eigenvalue weighted by Crippen LogP contribution is 2.19. The number of nitrogens with zero attached hydrogens (tertiary/aromatic N) is 1. The second-order valence-electron chi connectivity index (χ2n) is 5.18. The minimum atomic E-state index is -2.90. The highest BCUT2D eigenvalue weighted by molar-refractivity contribution is 5.89. The van der Waals surface area contributed by atoms with E-state index in [-0.39, 0.29) is 11.8 Å². The van der Waals surface area contributed by atoms with Gasteiger partial charge < -0.3 is 15.0 Å². The number of hydrogen-bond donors (Lipinski definition) is 1. The van der Waals surface area contributed by atoms with Gasteiger partial charge >= 0.3 is 12.6 Å². The van der Waals surface area contributed by atoms with Gasteiger partial charge in [-0.1, -0.05) is 35.9 Å². The lowest BCUT2D eigenvalue weighted by Crippen LogP contribution is -2.30. The summed E-state index contributed by atoms with van der Waals surface area (Å²) in [6.45, 7) is -0.460. The van der Waals surface area contributed by atoms with Crippen molar-refractivity contribution in [2.75, 3.05) is 12.4 Å². The Balaban J connectivity index is 1.96. The van der Waals surface area contributed by atoms with E-state index in [2.05, 4.69) is 10.1 Å². The first-order valence-corrected chi connectivity index (χ1v) is 7.06. The van der Waals surface area contributed by atoms with Crippen LogP contribution in [0.25, 0.3) is 0 Å². The van der Waals surface area contributed by atoms with E-state index in [1.807, 2.05) is 31.2 Å². The van der Waals surface area contributed by atoms with Crippen LogP contribution < -0.4 is 10.1 Å². The standard InChI is InChI=1S/C17H18F2N2O2/c1-12-6-8-13(9-7-12)11-21(2)17(22)20-14-4-3-5-15(10-14)23-16(18)19/h3-10,16H,11H2,1-2H3,(H,20,22). The maximum atomic E-state index is 12.2. The second kappa shape index (κ2) is 7.58. The summed E-state index contributed by atoms with van der Waals surface area (Å²) in [4.78, 5) is 13.6. The molecule has 0 aromatic heterocycles. The van der Waals surface area contributed by atoms with E-state index in [1.165, 1.54) is 23.1 Å². The average molecular weight is 320 g/mol. The van der Waals surface area contributed by atoms with E-state index in [9.17, 15) is 13.6 Å². The van der Waals surface area contributed by atoms with E-state index in [0.29, 0.717) is 12.2 Å². The number of carbonyl (C=O) groups excluding carboxylic acids is 1. The van der Waals surface area contributed by atoms with Crippen LogP contribution in [-0.4, -0.2) is 24.6 Å². The van der Waals surface area contributed by atoms with Crippen molar-refractivity contribution in [2.45, 2.75) is 20.1 Å². The van der Waals surface area contributed by atoms with Gasteiger partial charge in [-0.3, -0.25) is 0 Å². The summed E-state index contributed by atoms with van der Waals surface area (Å²) in [5, 5.41) is 2.65. The summed E-state index contributed by atoms with van der Waals surface area (Å²) in [7, 11) is 1.66. The van der Waals surface area contributed by atoms with Gasteiger partial charge in [0.25, 0.3) is 0 Å². The smallest absolute Gasteiger partial charge is 0.387 e. The lowest BCUT2D eigenvalue weighted by Gasteiger charge is -2.18. The molecule has 0 saturated carbocycles. The third-order valence-corrected chi connectivity index (χ3v) is 3.20. The van der Waals surface area contributed by atoms with Crippen LogP contribution in [0.1, 0.15) is 11.1 Å². The van der Waals surface area contributed by atoms with Gasteiger partial charge in [-0.2, -0.15) is 8.78 Å². The molecule has 4 nitrogen and oxygen atoms in total.